The van der Waals surface area contributed by atoms with Crippen LogP contribution in [0.3, 0.4) is 0 Å². The van der Waals surface area contributed by atoms with Gasteiger partial charge in [0.15, 0.2) is 5.13 Å². The number of amides is 2. The molecule has 1 saturated heterocycles. The summed E-state index contributed by atoms with van der Waals surface area (Å²) in [6, 6.07) is 4.54. The van der Waals surface area contributed by atoms with E-state index in [0.29, 0.717) is 35.7 Å². The lowest BCUT2D eigenvalue weighted by atomic mass is 10.2. The van der Waals surface area contributed by atoms with Crippen LogP contribution in [0, 0.1) is 0 Å². The van der Waals surface area contributed by atoms with Crippen LogP contribution in [-0.4, -0.2) is 71.8 Å². The van der Waals surface area contributed by atoms with Crippen LogP contribution < -0.4 is 15.5 Å². The highest BCUT2D eigenvalue weighted by molar-refractivity contribution is 7.86. The molecule has 182 valence electrons. The lowest BCUT2D eigenvalue weighted by Gasteiger charge is -2.29. The number of thiazole rings is 1. The average Bonchev–Trinajstić information content (AvgIpc) is 3.45. The number of nitrogens with one attached hydrogen (secondary N) is 2. The second-order valence-corrected chi connectivity index (χ2v) is 10.6. The zero-order valence-corrected chi connectivity index (χ0v) is 20.2. The number of para-hydroxylation sites is 1. The van der Waals surface area contributed by atoms with E-state index in [1.807, 2.05) is 19.1 Å². The van der Waals surface area contributed by atoms with Gasteiger partial charge in [-0.15, -0.1) is 0 Å². The molecule has 1 aliphatic rings. The minimum absolute atomic E-state index is 0.117. The van der Waals surface area contributed by atoms with Gasteiger partial charge in [0, 0.05) is 13.1 Å². The number of rotatable bonds is 11. The van der Waals surface area contributed by atoms with Crippen LogP contribution in [0.1, 0.15) is 39.0 Å². The van der Waals surface area contributed by atoms with Crippen LogP contribution in [0.25, 0.3) is 10.2 Å². The molecule has 1 aromatic heterocycles. The maximum Gasteiger partial charge on any atom is 0.283 e. The number of aromatic nitrogens is 1. The van der Waals surface area contributed by atoms with Crippen molar-refractivity contribution in [1.29, 1.82) is 0 Å². The average molecular weight is 500 g/mol. The number of ether oxygens (including phenoxy) is 1. The molecule has 1 unspecified atom stereocenters. The Hall–Kier alpha value is -2.32. The minimum Gasteiger partial charge on any atom is -0.494 e. The molecule has 1 aliphatic heterocycles. The van der Waals surface area contributed by atoms with Gasteiger partial charge in [0.25, 0.3) is 16.1 Å². The Morgan fingerprint density at radius 1 is 1.36 bits per heavy atom. The van der Waals surface area contributed by atoms with E-state index >= 15 is 0 Å². The highest BCUT2D eigenvalue weighted by atomic mass is 32.2. The van der Waals surface area contributed by atoms with Crippen LogP contribution in [-0.2, 0) is 19.8 Å². The number of hydroxylamine groups is 1. The Morgan fingerprint density at radius 2 is 2.15 bits per heavy atom. The summed E-state index contributed by atoms with van der Waals surface area (Å²) in [4.78, 5) is 29.2. The zero-order valence-electron chi connectivity index (χ0n) is 18.6. The molecule has 1 aromatic carbocycles. The Bertz CT molecular complexity index is 1090. The summed E-state index contributed by atoms with van der Waals surface area (Å²) < 4.78 is 35.0. The van der Waals surface area contributed by atoms with Crippen molar-refractivity contribution >= 4 is 48.7 Å². The lowest BCUT2D eigenvalue weighted by Crippen LogP contribution is -2.52. The monoisotopic (exact) mass is 499 g/mol. The first kappa shape index (κ1) is 25.3. The van der Waals surface area contributed by atoms with E-state index in [1.54, 1.807) is 6.07 Å². The molecule has 3 rings (SSSR count). The molecule has 0 radical (unpaired) electrons. The van der Waals surface area contributed by atoms with Crippen molar-refractivity contribution in [1.82, 2.24) is 19.1 Å². The highest BCUT2D eigenvalue weighted by Crippen LogP contribution is 2.33. The van der Waals surface area contributed by atoms with E-state index in [1.165, 1.54) is 23.9 Å². The molecule has 0 spiro atoms. The third kappa shape index (κ3) is 5.79. The molecule has 0 saturated carbocycles. The molecule has 3 N–H and O–H groups in total. The van der Waals surface area contributed by atoms with Crippen LogP contribution in [0.2, 0.25) is 0 Å². The number of carbonyl (C=O) groups is 2. The van der Waals surface area contributed by atoms with E-state index in [4.69, 9.17) is 9.94 Å². The summed E-state index contributed by atoms with van der Waals surface area (Å²) in [5.74, 6) is -0.730. The Kier molecular flexibility index (Phi) is 8.59. The minimum atomic E-state index is -4.11. The topological polar surface area (TPSA) is 141 Å². The van der Waals surface area contributed by atoms with Gasteiger partial charge in [0.1, 0.15) is 17.3 Å². The Morgan fingerprint density at radius 3 is 2.85 bits per heavy atom. The van der Waals surface area contributed by atoms with Gasteiger partial charge >= 0.3 is 0 Å². The summed E-state index contributed by atoms with van der Waals surface area (Å²) in [7, 11) is -2.57. The smallest absolute Gasteiger partial charge is 0.283 e. The van der Waals surface area contributed by atoms with E-state index in [2.05, 4.69) is 10.3 Å². The van der Waals surface area contributed by atoms with Gasteiger partial charge in [-0.2, -0.15) is 17.0 Å². The second kappa shape index (κ2) is 11.2. The summed E-state index contributed by atoms with van der Waals surface area (Å²) in [5.41, 5.74) is 2.10. The van der Waals surface area contributed by atoms with Crippen molar-refractivity contribution in [3.8, 4) is 5.75 Å². The fraction of sp³-hybridized carbons (Fsp3) is 0.550. The molecule has 1 fully saturated rings. The molecule has 0 aliphatic carbocycles. The van der Waals surface area contributed by atoms with Crippen molar-refractivity contribution in [2.24, 2.45) is 0 Å². The van der Waals surface area contributed by atoms with Gasteiger partial charge in [-0.1, -0.05) is 37.2 Å². The first-order valence-electron chi connectivity index (χ1n) is 10.8. The first-order valence-corrected chi connectivity index (χ1v) is 13.0. The number of methoxy groups -OCH3 is 1. The van der Waals surface area contributed by atoms with Crippen LogP contribution >= 0.6 is 11.3 Å². The van der Waals surface area contributed by atoms with E-state index < -0.39 is 34.6 Å². The third-order valence-electron chi connectivity index (χ3n) is 5.42. The van der Waals surface area contributed by atoms with Crippen LogP contribution in [0.15, 0.2) is 18.2 Å². The summed E-state index contributed by atoms with van der Waals surface area (Å²) in [5, 5.41) is 12.0. The number of carbonyl (C=O) groups excluding carboxylic acids is 2. The number of unbranched alkanes of at least 4 members (excludes halogenated alkanes) is 2. The quantitative estimate of drug-likeness (QED) is 0.244. The number of hydrogen-bond donors (Lipinski definition) is 3. The van der Waals surface area contributed by atoms with E-state index in [-0.39, 0.29) is 13.1 Å². The first-order chi connectivity index (χ1) is 15.8. The van der Waals surface area contributed by atoms with Gasteiger partial charge in [0.05, 0.1) is 18.4 Å². The summed E-state index contributed by atoms with van der Waals surface area (Å²) in [6.45, 7) is 1.74. The van der Waals surface area contributed by atoms with Crippen molar-refractivity contribution in [2.45, 2.75) is 45.1 Å². The number of anilines is 1. The van der Waals surface area contributed by atoms with Crippen molar-refractivity contribution in [3.63, 3.8) is 0 Å². The highest BCUT2D eigenvalue weighted by Gasteiger charge is 2.42. The predicted molar refractivity (Wildman–Crippen MR) is 124 cm³/mol. The molecular formula is C20H29N5O6S2. The normalized spacial score (nSPS) is 16.9. The molecule has 33 heavy (non-hydrogen) atoms. The molecule has 11 nitrogen and oxygen atoms in total. The maximum absolute atomic E-state index is 13.4. The van der Waals surface area contributed by atoms with E-state index in [0.717, 1.165) is 26.2 Å². The van der Waals surface area contributed by atoms with Crippen LogP contribution in [0.5, 0.6) is 5.75 Å². The SMILES string of the molecule is CCCCCN(CC(=O)NO)S(=O)(=O)N1CCCC1C(=O)Nc1nc2c(OC)cccc2s1. The lowest BCUT2D eigenvalue weighted by molar-refractivity contribution is -0.129. The molecule has 2 aromatic rings. The molecule has 13 heteroatoms. The van der Waals surface area contributed by atoms with Crippen molar-refractivity contribution < 1.29 is 28.0 Å². The fourth-order valence-corrected chi connectivity index (χ4v) is 6.47. The summed E-state index contributed by atoms with van der Waals surface area (Å²) in [6.07, 6.45) is 3.10. The predicted octanol–water partition coefficient (Wildman–Crippen LogP) is 1.95. The van der Waals surface area contributed by atoms with Crippen LogP contribution in [0.4, 0.5) is 5.13 Å². The molecule has 2 heterocycles. The Labute approximate surface area is 196 Å². The molecular weight excluding hydrogens is 470 g/mol. The Balaban J connectivity index is 1.78. The van der Waals surface area contributed by atoms with Gasteiger partial charge < -0.3 is 10.1 Å². The number of benzene rings is 1. The molecule has 1 atom stereocenters. The van der Waals surface area contributed by atoms with Crippen molar-refractivity contribution in [3.05, 3.63) is 18.2 Å². The standard InChI is InChI=1S/C20H29N5O6S2/c1-3-4-5-11-24(13-17(26)23-28)33(29,30)25-12-7-8-14(25)19(27)22-20-21-18-15(31-2)9-6-10-16(18)32-20/h6,9-10,14,28H,3-5,7-8,11-13H2,1-2H3,(H,23,26)(H,21,22,27). The van der Waals surface area contributed by atoms with Crippen molar-refractivity contribution in [2.75, 3.05) is 32.1 Å². The fourth-order valence-electron chi connectivity index (χ4n) is 3.77. The van der Waals surface area contributed by atoms with Gasteiger partial charge in [0.2, 0.25) is 5.91 Å². The zero-order chi connectivity index (χ0) is 24.0. The summed E-state index contributed by atoms with van der Waals surface area (Å²) >= 11 is 1.27. The number of fused-ring (bicyclic) bond motifs is 1. The van der Waals surface area contributed by atoms with E-state index in [9.17, 15) is 18.0 Å². The van der Waals surface area contributed by atoms with Gasteiger partial charge in [-0.05, 0) is 31.4 Å². The molecule has 0 bridgehead atoms. The van der Waals surface area contributed by atoms with Gasteiger partial charge in [-0.3, -0.25) is 14.8 Å². The largest absolute Gasteiger partial charge is 0.494 e. The maximum atomic E-state index is 13.4. The number of hydrogen-bond acceptors (Lipinski definition) is 8. The van der Waals surface area contributed by atoms with Gasteiger partial charge in [-0.25, -0.2) is 10.5 Å². The molecule has 2 amide bonds. The second-order valence-electron chi connectivity index (χ2n) is 7.67. The third-order valence-corrected chi connectivity index (χ3v) is 8.35. The number of nitrogens with zero attached hydrogens (tertiary/aromatic N) is 3.